The number of aromatic nitrogens is 1. The van der Waals surface area contributed by atoms with Crippen LogP contribution in [0.15, 0.2) is 47.8 Å². The molecule has 140 valence electrons. The highest BCUT2D eigenvalue weighted by molar-refractivity contribution is 7.14. The highest BCUT2D eigenvalue weighted by Gasteiger charge is 2.11. The summed E-state index contributed by atoms with van der Waals surface area (Å²) in [6.45, 7) is 2.74. The van der Waals surface area contributed by atoms with Gasteiger partial charge in [-0.2, -0.15) is 0 Å². The van der Waals surface area contributed by atoms with E-state index >= 15 is 0 Å². The third-order valence-electron chi connectivity index (χ3n) is 3.80. The first-order valence-corrected chi connectivity index (χ1v) is 10.2. The van der Waals surface area contributed by atoms with Crippen molar-refractivity contribution >= 4 is 45.6 Å². The summed E-state index contributed by atoms with van der Waals surface area (Å²) in [7, 11) is 0. The summed E-state index contributed by atoms with van der Waals surface area (Å²) < 4.78 is 5.65. The van der Waals surface area contributed by atoms with Gasteiger partial charge in [-0.05, 0) is 36.8 Å². The summed E-state index contributed by atoms with van der Waals surface area (Å²) in [6.07, 6.45) is 2.04. The number of carbonyl (C=O) groups is 1. The van der Waals surface area contributed by atoms with Crippen LogP contribution in [0.4, 0.5) is 5.13 Å². The quantitative estimate of drug-likeness (QED) is 0.440. The molecule has 0 radical (unpaired) electrons. The fraction of sp³-hybridized carbons (Fsp3) is 0.200. The molecule has 0 spiro atoms. The van der Waals surface area contributed by atoms with Crippen LogP contribution in [0.5, 0.6) is 5.75 Å². The molecule has 1 N–H and O–H groups in total. The van der Waals surface area contributed by atoms with Gasteiger partial charge >= 0.3 is 0 Å². The number of unbranched alkanes of at least 4 members (excludes halogenated alkanes) is 1. The van der Waals surface area contributed by atoms with Crippen molar-refractivity contribution in [2.75, 3.05) is 11.9 Å². The molecule has 0 aliphatic carbocycles. The minimum atomic E-state index is -0.231. The maximum atomic E-state index is 12.5. The normalized spacial score (nSPS) is 10.6. The number of nitrogens with zero attached hydrogens (tertiary/aromatic N) is 1. The van der Waals surface area contributed by atoms with E-state index in [1.54, 1.807) is 30.3 Å². The summed E-state index contributed by atoms with van der Waals surface area (Å²) in [5, 5.41) is 6.15. The Hall–Kier alpha value is -2.08. The van der Waals surface area contributed by atoms with Crippen molar-refractivity contribution in [2.24, 2.45) is 0 Å². The molecule has 1 aromatic heterocycles. The molecule has 0 saturated heterocycles. The number of hydrogen-bond acceptors (Lipinski definition) is 4. The Morgan fingerprint density at radius 3 is 2.81 bits per heavy atom. The zero-order valence-corrected chi connectivity index (χ0v) is 17.0. The Balaban J connectivity index is 1.69. The molecule has 3 aromatic rings. The SMILES string of the molecule is CCCCOc1cccc(C(=O)Nc2nc(-c3ccc(Cl)c(Cl)c3)cs2)c1. The highest BCUT2D eigenvalue weighted by Crippen LogP contribution is 2.30. The number of carbonyl (C=O) groups excluding carboxylic acids is 1. The lowest BCUT2D eigenvalue weighted by atomic mass is 10.2. The number of anilines is 1. The molecule has 0 bridgehead atoms. The van der Waals surface area contributed by atoms with Crippen molar-refractivity contribution < 1.29 is 9.53 Å². The highest BCUT2D eigenvalue weighted by atomic mass is 35.5. The van der Waals surface area contributed by atoms with E-state index in [2.05, 4.69) is 17.2 Å². The molecular formula is C20H18Cl2N2O2S. The molecule has 1 heterocycles. The zero-order valence-electron chi connectivity index (χ0n) is 14.7. The predicted molar refractivity (Wildman–Crippen MR) is 112 cm³/mol. The van der Waals surface area contributed by atoms with Crippen LogP contribution < -0.4 is 10.1 Å². The maximum Gasteiger partial charge on any atom is 0.257 e. The molecule has 0 atom stereocenters. The van der Waals surface area contributed by atoms with Crippen LogP contribution in [-0.2, 0) is 0 Å². The first-order valence-electron chi connectivity index (χ1n) is 8.52. The first kappa shape index (κ1) is 19.7. The third-order valence-corrected chi connectivity index (χ3v) is 5.30. The van der Waals surface area contributed by atoms with E-state index in [0.29, 0.717) is 33.1 Å². The smallest absolute Gasteiger partial charge is 0.257 e. The molecule has 0 unspecified atom stereocenters. The van der Waals surface area contributed by atoms with Gasteiger partial charge in [0.1, 0.15) is 5.75 Å². The van der Waals surface area contributed by atoms with Crippen molar-refractivity contribution in [1.29, 1.82) is 0 Å². The second kappa shape index (κ2) is 9.22. The van der Waals surface area contributed by atoms with Crippen molar-refractivity contribution in [3.05, 3.63) is 63.5 Å². The topological polar surface area (TPSA) is 51.2 Å². The number of rotatable bonds is 7. The van der Waals surface area contributed by atoms with Crippen LogP contribution in [0.2, 0.25) is 10.0 Å². The number of ether oxygens (including phenoxy) is 1. The van der Waals surface area contributed by atoms with Gasteiger partial charge in [0.25, 0.3) is 5.91 Å². The fourth-order valence-corrected chi connectivity index (χ4v) is 3.36. The predicted octanol–water partition coefficient (Wildman–Crippen LogP) is 6.55. The number of amides is 1. The van der Waals surface area contributed by atoms with E-state index in [4.69, 9.17) is 27.9 Å². The van der Waals surface area contributed by atoms with Crippen molar-refractivity contribution in [3.8, 4) is 17.0 Å². The molecule has 4 nitrogen and oxygen atoms in total. The van der Waals surface area contributed by atoms with Gasteiger partial charge in [0.05, 0.1) is 22.3 Å². The molecule has 0 aliphatic rings. The van der Waals surface area contributed by atoms with E-state index in [0.717, 1.165) is 24.1 Å². The van der Waals surface area contributed by atoms with Gasteiger partial charge < -0.3 is 4.74 Å². The Morgan fingerprint density at radius 2 is 2.04 bits per heavy atom. The van der Waals surface area contributed by atoms with E-state index < -0.39 is 0 Å². The summed E-state index contributed by atoms with van der Waals surface area (Å²) >= 11 is 13.4. The fourth-order valence-electron chi connectivity index (χ4n) is 2.35. The van der Waals surface area contributed by atoms with Crippen LogP contribution >= 0.6 is 34.5 Å². The monoisotopic (exact) mass is 420 g/mol. The van der Waals surface area contributed by atoms with Crippen LogP contribution in [-0.4, -0.2) is 17.5 Å². The number of halogens is 2. The Labute approximate surface area is 172 Å². The summed E-state index contributed by atoms with van der Waals surface area (Å²) in [5.74, 6) is 0.456. The van der Waals surface area contributed by atoms with Gasteiger partial charge in [-0.1, -0.05) is 48.7 Å². The Kier molecular flexibility index (Phi) is 6.72. The molecule has 27 heavy (non-hydrogen) atoms. The molecular weight excluding hydrogens is 403 g/mol. The summed E-state index contributed by atoms with van der Waals surface area (Å²) in [6, 6.07) is 12.4. The lowest BCUT2D eigenvalue weighted by Crippen LogP contribution is -2.11. The van der Waals surface area contributed by atoms with Gasteiger partial charge in [-0.25, -0.2) is 4.98 Å². The lowest BCUT2D eigenvalue weighted by Gasteiger charge is -2.07. The first-order chi connectivity index (χ1) is 13.1. The minimum absolute atomic E-state index is 0.231. The molecule has 7 heteroatoms. The molecule has 1 amide bonds. The van der Waals surface area contributed by atoms with Crippen LogP contribution in [0, 0.1) is 0 Å². The van der Waals surface area contributed by atoms with E-state index in [9.17, 15) is 4.79 Å². The second-order valence-electron chi connectivity index (χ2n) is 5.85. The van der Waals surface area contributed by atoms with Crippen LogP contribution in [0.1, 0.15) is 30.1 Å². The lowest BCUT2D eigenvalue weighted by molar-refractivity contribution is 0.102. The zero-order chi connectivity index (χ0) is 19.2. The van der Waals surface area contributed by atoms with Crippen LogP contribution in [0.25, 0.3) is 11.3 Å². The third kappa shape index (κ3) is 5.22. The minimum Gasteiger partial charge on any atom is -0.494 e. The summed E-state index contributed by atoms with van der Waals surface area (Å²) in [4.78, 5) is 17.0. The van der Waals surface area contributed by atoms with Gasteiger partial charge in [0, 0.05) is 16.5 Å². The van der Waals surface area contributed by atoms with Gasteiger partial charge in [-0.15, -0.1) is 11.3 Å². The number of thiazole rings is 1. The number of hydrogen-bond donors (Lipinski definition) is 1. The van der Waals surface area contributed by atoms with Gasteiger partial charge in [-0.3, -0.25) is 10.1 Å². The molecule has 3 rings (SSSR count). The Morgan fingerprint density at radius 1 is 1.19 bits per heavy atom. The van der Waals surface area contributed by atoms with Crippen LogP contribution in [0.3, 0.4) is 0 Å². The molecule has 0 fully saturated rings. The Bertz CT molecular complexity index is 943. The maximum absolute atomic E-state index is 12.5. The standard InChI is InChI=1S/C20H18Cl2N2O2S/c1-2-3-9-26-15-6-4-5-14(10-15)19(25)24-20-23-18(12-27-20)13-7-8-16(21)17(22)11-13/h4-8,10-12H,2-3,9H2,1H3,(H,23,24,25). The van der Waals surface area contributed by atoms with E-state index in [1.807, 2.05) is 17.5 Å². The second-order valence-corrected chi connectivity index (χ2v) is 7.52. The van der Waals surface area contributed by atoms with Gasteiger partial charge in [0.15, 0.2) is 5.13 Å². The number of benzene rings is 2. The largest absolute Gasteiger partial charge is 0.494 e. The summed E-state index contributed by atoms with van der Waals surface area (Å²) in [5.41, 5.74) is 2.09. The van der Waals surface area contributed by atoms with Crippen molar-refractivity contribution in [3.63, 3.8) is 0 Å². The van der Waals surface area contributed by atoms with Crippen molar-refractivity contribution in [1.82, 2.24) is 4.98 Å². The molecule has 2 aromatic carbocycles. The average molecular weight is 421 g/mol. The molecule has 0 saturated carbocycles. The van der Waals surface area contributed by atoms with E-state index in [-0.39, 0.29) is 5.91 Å². The van der Waals surface area contributed by atoms with Gasteiger partial charge in [0.2, 0.25) is 0 Å². The van der Waals surface area contributed by atoms with E-state index in [1.165, 1.54) is 11.3 Å². The average Bonchev–Trinajstić information content (AvgIpc) is 3.13. The molecule has 0 aliphatic heterocycles. The van der Waals surface area contributed by atoms with Crippen molar-refractivity contribution in [2.45, 2.75) is 19.8 Å². The number of nitrogens with one attached hydrogen (secondary N) is 1.